The minimum absolute atomic E-state index is 0.304. The summed E-state index contributed by atoms with van der Waals surface area (Å²) in [5, 5.41) is 12.8. The Labute approximate surface area is 121 Å². The Kier molecular flexibility index (Phi) is 3.51. The Morgan fingerprint density at radius 2 is 2.10 bits per heavy atom. The molecule has 0 fully saturated rings. The topological polar surface area (TPSA) is 62.5 Å². The molecule has 0 radical (unpaired) electrons. The molecule has 1 atom stereocenters. The molecule has 0 aliphatic heterocycles. The van der Waals surface area contributed by atoms with E-state index in [1.54, 1.807) is 18.2 Å². The number of furan rings is 1. The first-order chi connectivity index (χ1) is 9.61. The molecule has 2 aromatic rings. The predicted molar refractivity (Wildman–Crippen MR) is 75.2 cm³/mol. The third-order valence-corrected chi connectivity index (χ3v) is 3.78. The van der Waals surface area contributed by atoms with Gasteiger partial charge in [0.05, 0.1) is 12.1 Å². The molecule has 1 unspecified atom stereocenters. The van der Waals surface area contributed by atoms with Crippen LogP contribution in [0.5, 0.6) is 0 Å². The second-order valence-corrected chi connectivity index (χ2v) is 5.35. The highest BCUT2D eigenvalue weighted by Crippen LogP contribution is 2.24. The molecule has 104 valence electrons. The lowest BCUT2D eigenvalue weighted by Gasteiger charge is -2.09. The third-order valence-electron chi connectivity index (χ3n) is 3.58. The van der Waals surface area contributed by atoms with Gasteiger partial charge in [0.25, 0.3) is 0 Å². The van der Waals surface area contributed by atoms with Gasteiger partial charge in [-0.1, -0.05) is 6.07 Å². The molecule has 0 spiro atoms. The number of carboxylic acid groups (broad SMARTS) is 1. The average molecular weight is 292 g/mol. The molecule has 0 saturated carbocycles. The van der Waals surface area contributed by atoms with Gasteiger partial charge < -0.3 is 14.8 Å². The van der Waals surface area contributed by atoms with Crippen molar-refractivity contribution in [3.8, 4) is 0 Å². The maximum absolute atomic E-state index is 11.0. The molecule has 1 aliphatic rings. The lowest BCUT2D eigenvalue weighted by Crippen LogP contribution is -2.28. The maximum Gasteiger partial charge on any atom is 0.335 e. The first-order valence-electron chi connectivity index (χ1n) is 6.44. The first kappa shape index (κ1) is 13.2. The largest absolute Gasteiger partial charge is 0.478 e. The van der Waals surface area contributed by atoms with Gasteiger partial charge in [-0.2, -0.15) is 0 Å². The number of aromatic carboxylic acids is 1. The van der Waals surface area contributed by atoms with E-state index in [0.717, 1.165) is 24.2 Å². The number of benzene rings is 1. The van der Waals surface area contributed by atoms with Crippen molar-refractivity contribution in [2.24, 2.45) is 0 Å². The van der Waals surface area contributed by atoms with Gasteiger partial charge >= 0.3 is 5.97 Å². The Morgan fingerprint density at radius 1 is 1.30 bits per heavy atom. The summed E-state index contributed by atoms with van der Waals surface area (Å²) < 4.78 is 5.30. The van der Waals surface area contributed by atoms with E-state index in [4.69, 9.17) is 21.1 Å². The van der Waals surface area contributed by atoms with Crippen molar-refractivity contribution in [3.05, 3.63) is 58.0 Å². The Hall–Kier alpha value is -1.78. The van der Waals surface area contributed by atoms with Crippen LogP contribution in [-0.4, -0.2) is 17.1 Å². The smallest absolute Gasteiger partial charge is 0.335 e. The van der Waals surface area contributed by atoms with E-state index >= 15 is 0 Å². The molecule has 1 aliphatic carbocycles. The molecule has 0 bridgehead atoms. The monoisotopic (exact) mass is 291 g/mol. The quantitative estimate of drug-likeness (QED) is 0.909. The summed E-state index contributed by atoms with van der Waals surface area (Å²) in [5.41, 5.74) is 2.67. The summed E-state index contributed by atoms with van der Waals surface area (Å²) >= 11 is 5.73. The normalized spacial score (nSPS) is 17.1. The highest BCUT2D eigenvalue weighted by Gasteiger charge is 2.22. The molecule has 0 amide bonds. The standard InChI is InChI=1S/C15H14ClNO3/c16-14-4-3-13(20-14)8-17-12-6-9-1-2-10(15(18)19)5-11(9)7-12/h1-5,12,17H,6-8H2,(H,18,19). The molecular formula is C15H14ClNO3. The van der Waals surface area contributed by atoms with Crippen LogP contribution in [0.1, 0.15) is 27.2 Å². The number of rotatable bonds is 4. The lowest BCUT2D eigenvalue weighted by molar-refractivity contribution is 0.0697. The van der Waals surface area contributed by atoms with Crippen LogP contribution >= 0.6 is 11.6 Å². The number of nitrogens with one attached hydrogen (secondary N) is 1. The second kappa shape index (κ2) is 5.31. The van der Waals surface area contributed by atoms with Crippen LogP contribution in [0, 0.1) is 0 Å². The SMILES string of the molecule is O=C(O)c1ccc2c(c1)CC(NCc1ccc(Cl)o1)C2. The highest BCUT2D eigenvalue weighted by atomic mass is 35.5. The van der Waals surface area contributed by atoms with Gasteiger partial charge in [-0.3, -0.25) is 0 Å². The summed E-state index contributed by atoms with van der Waals surface area (Å²) in [6.45, 7) is 0.622. The van der Waals surface area contributed by atoms with Crippen LogP contribution in [-0.2, 0) is 19.4 Å². The van der Waals surface area contributed by atoms with Crippen molar-refractivity contribution < 1.29 is 14.3 Å². The first-order valence-corrected chi connectivity index (χ1v) is 6.82. The zero-order chi connectivity index (χ0) is 14.1. The molecule has 1 aromatic heterocycles. The van der Waals surface area contributed by atoms with Gasteiger partial charge in [-0.05, 0) is 59.8 Å². The van der Waals surface area contributed by atoms with Crippen LogP contribution in [0.3, 0.4) is 0 Å². The predicted octanol–water partition coefficient (Wildman–Crippen LogP) is 2.89. The van der Waals surface area contributed by atoms with Gasteiger partial charge in [0.1, 0.15) is 5.76 Å². The molecular weight excluding hydrogens is 278 g/mol. The fourth-order valence-corrected chi connectivity index (χ4v) is 2.75. The molecule has 5 heteroatoms. The summed E-state index contributed by atoms with van der Waals surface area (Å²) in [6.07, 6.45) is 1.74. The van der Waals surface area contributed by atoms with Crippen molar-refractivity contribution in [2.75, 3.05) is 0 Å². The number of hydrogen-bond acceptors (Lipinski definition) is 3. The summed E-state index contributed by atoms with van der Waals surface area (Å²) in [5.74, 6) is -0.0772. The van der Waals surface area contributed by atoms with Gasteiger partial charge in [0, 0.05) is 6.04 Å². The van der Waals surface area contributed by atoms with Crippen molar-refractivity contribution in [1.29, 1.82) is 0 Å². The van der Waals surface area contributed by atoms with Crippen molar-refractivity contribution in [1.82, 2.24) is 5.32 Å². The molecule has 1 aromatic carbocycles. The highest BCUT2D eigenvalue weighted by molar-refractivity contribution is 6.28. The van der Waals surface area contributed by atoms with Gasteiger partial charge in [-0.15, -0.1) is 0 Å². The van der Waals surface area contributed by atoms with Crippen molar-refractivity contribution >= 4 is 17.6 Å². The summed E-state index contributed by atoms with van der Waals surface area (Å²) in [4.78, 5) is 11.0. The van der Waals surface area contributed by atoms with Crippen LogP contribution in [0.25, 0.3) is 0 Å². The van der Waals surface area contributed by atoms with Crippen LogP contribution in [0.2, 0.25) is 5.22 Å². The Balaban J connectivity index is 1.63. The number of carboxylic acids is 1. The molecule has 4 nitrogen and oxygen atoms in total. The second-order valence-electron chi connectivity index (χ2n) is 4.98. The Bertz CT molecular complexity index is 650. The van der Waals surface area contributed by atoms with Crippen LogP contribution in [0.4, 0.5) is 0 Å². The van der Waals surface area contributed by atoms with E-state index in [9.17, 15) is 4.79 Å². The minimum atomic E-state index is -0.880. The molecule has 3 rings (SSSR count). The zero-order valence-corrected chi connectivity index (χ0v) is 11.5. The van der Waals surface area contributed by atoms with Gasteiger partial charge in [0.15, 0.2) is 5.22 Å². The molecule has 20 heavy (non-hydrogen) atoms. The molecule has 0 saturated heterocycles. The Morgan fingerprint density at radius 3 is 2.80 bits per heavy atom. The fraction of sp³-hybridized carbons (Fsp3) is 0.267. The van der Waals surface area contributed by atoms with Crippen molar-refractivity contribution in [2.45, 2.75) is 25.4 Å². The maximum atomic E-state index is 11.0. The molecule has 2 N–H and O–H groups in total. The fourth-order valence-electron chi connectivity index (χ4n) is 2.59. The van der Waals surface area contributed by atoms with E-state index in [0.29, 0.717) is 23.4 Å². The average Bonchev–Trinajstić information content (AvgIpc) is 3.00. The third kappa shape index (κ3) is 2.71. The van der Waals surface area contributed by atoms with Crippen LogP contribution < -0.4 is 5.32 Å². The zero-order valence-electron chi connectivity index (χ0n) is 10.7. The molecule has 1 heterocycles. The van der Waals surface area contributed by atoms with Crippen molar-refractivity contribution in [3.63, 3.8) is 0 Å². The van der Waals surface area contributed by atoms with E-state index in [-0.39, 0.29) is 0 Å². The summed E-state index contributed by atoms with van der Waals surface area (Å²) in [7, 11) is 0. The van der Waals surface area contributed by atoms with E-state index in [1.807, 2.05) is 12.1 Å². The summed E-state index contributed by atoms with van der Waals surface area (Å²) in [6, 6.07) is 9.21. The number of halogens is 1. The van der Waals surface area contributed by atoms with E-state index in [2.05, 4.69) is 5.32 Å². The lowest BCUT2D eigenvalue weighted by atomic mass is 10.1. The minimum Gasteiger partial charge on any atom is -0.478 e. The van der Waals surface area contributed by atoms with E-state index in [1.165, 1.54) is 5.56 Å². The number of hydrogen-bond donors (Lipinski definition) is 2. The van der Waals surface area contributed by atoms with E-state index < -0.39 is 5.97 Å². The number of fused-ring (bicyclic) bond motifs is 1. The van der Waals surface area contributed by atoms with Crippen LogP contribution in [0.15, 0.2) is 34.7 Å². The van der Waals surface area contributed by atoms with Gasteiger partial charge in [-0.25, -0.2) is 4.79 Å². The number of carbonyl (C=O) groups is 1. The van der Waals surface area contributed by atoms with Gasteiger partial charge in [0.2, 0.25) is 0 Å².